The molecule has 0 aromatic carbocycles. The molecule has 2 fully saturated rings. The number of methoxy groups -OCH3 is 1. The number of nitrogens with zero attached hydrogens (tertiary/aromatic N) is 2. The summed E-state index contributed by atoms with van der Waals surface area (Å²) in [4.78, 5) is 33.6. The molecule has 2 aliphatic rings. The highest BCUT2D eigenvalue weighted by Gasteiger charge is 2.45. The highest BCUT2D eigenvalue weighted by molar-refractivity contribution is 5.96. The van der Waals surface area contributed by atoms with Gasteiger partial charge in [-0.05, 0) is 38.0 Å². The van der Waals surface area contributed by atoms with E-state index in [1.807, 2.05) is 13.0 Å². The fourth-order valence-corrected chi connectivity index (χ4v) is 5.21. The Labute approximate surface area is 239 Å². The zero-order chi connectivity index (χ0) is 29.2. The number of piperidine rings is 1. The third-order valence-electron chi connectivity index (χ3n) is 7.48. The van der Waals surface area contributed by atoms with E-state index in [0.717, 1.165) is 31.2 Å². The van der Waals surface area contributed by atoms with Gasteiger partial charge in [0.2, 0.25) is 11.8 Å². The molecular formula is C30H50N4O6. The first kappa shape index (κ1) is 32.2. The molecule has 1 aromatic heterocycles. The molecule has 2 heterocycles. The van der Waals surface area contributed by atoms with Crippen molar-refractivity contribution in [2.45, 2.75) is 84.4 Å². The van der Waals surface area contributed by atoms with Crippen molar-refractivity contribution >= 4 is 17.6 Å². The zero-order valence-corrected chi connectivity index (χ0v) is 25.2. The van der Waals surface area contributed by atoms with E-state index in [-0.39, 0.29) is 29.8 Å². The Kier molecular flexibility index (Phi) is 12.6. The van der Waals surface area contributed by atoms with E-state index in [9.17, 15) is 14.7 Å². The molecule has 0 spiro atoms. The van der Waals surface area contributed by atoms with Crippen LogP contribution in [0.25, 0.3) is 0 Å². The molecule has 0 radical (unpaired) electrons. The van der Waals surface area contributed by atoms with E-state index < -0.39 is 17.9 Å². The van der Waals surface area contributed by atoms with Crippen LogP contribution in [0.4, 0.5) is 5.82 Å². The second-order valence-electron chi connectivity index (χ2n) is 11.7. The van der Waals surface area contributed by atoms with E-state index >= 15 is 0 Å². The van der Waals surface area contributed by atoms with Crippen LogP contribution in [-0.2, 0) is 19.1 Å². The van der Waals surface area contributed by atoms with Gasteiger partial charge < -0.3 is 30.0 Å². The minimum absolute atomic E-state index is 0.0225. The van der Waals surface area contributed by atoms with Gasteiger partial charge in [0.1, 0.15) is 11.6 Å². The molecule has 226 valence electrons. The van der Waals surface area contributed by atoms with Crippen LogP contribution in [0.5, 0.6) is 5.75 Å². The number of anilines is 1. The van der Waals surface area contributed by atoms with Crippen LogP contribution in [0, 0.1) is 17.8 Å². The normalized spacial score (nSPS) is 21.9. The average Bonchev–Trinajstić information content (AvgIpc) is 3.74. The standard InChI is InChI=1S/C30H50N4O6/c1-7-39-18-21(13-19(2)3)33-29(36)24-15-31-16-25(28(24)35)30(37)34(22-9-10-22)27-14-26(40-12-8-11-38-6)23(17-32-27)20(4)5/h14,17,19-22,24-25,28,31,35H,7-13,15-16,18H2,1-6H3,(H,33,36)/t21-,24-,25+,28-/m1/s1. The van der Waals surface area contributed by atoms with Crippen molar-refractivity contribution in [2.75, 3.05) is 51.5 Å². The molecule has 3 rings (SSSR count). The third kappa shape index (κ3) is 8.86. The summed E-state index contributed by atoms with van der Waals surface area (Å²) < 4.78 is 16.8. The molecule has 1 aliphatic carbocycles. The van der Waals surface area contributed by atoms with Gasteiger partial charge in [-0.2, -0.15) is 0 Å². The van der Waals surface area contributed by atoms with Crippen molar-refractivity contribution in [1.82, 2.24) is 15.6 Å². The van der Waals surface area contributed by atoms with Gasteiger partial charge in [-0.3, -0.25) is 14.5 Å². The number of rotatable bonds is 16. The third-order valence-corrected chi connectivity index (χ3v) is 7.48. The van der Waals surface area contributed by atoms with Gasteiger partial charge in [0, 0.05) is 63.7 Å². The molecule has 1 saturated carbocycles. The van der Waals surface area contributed by atoms with E-state index in [1.165, 1.54) is 0 Å². The summed E-state index contributed by atoms with van der Waals surface area (Å²) in [6, 6.07) is 1.72. The summed E-state index contributed by atoms with van der Waals surface area (Å²) >= 11 is 0. The molecule has 0 bridgehead atoms. The zero-order valence-electron chi connectivity index (χ0n) is 25.2. The largest absolute Gasteiger partial charge is 0.493 e. The summed E-state index contributed by atoms with van der Waals surface area (Å²) in [6.07, 6.45) is 3.95. The number of pyridine rings is 1. The number of aliphatic hydroxyl groups excluding tert-OH is 1. The number of hydrogen-bond acceptors (Lipinski definition) is 8. The number of amides is 2. The van der Waals surface area contributed by atoms with E-state index in [1.54, 1.807) is 18.2 Å². The Hall–Kier alpha value is -2.27. The van der Waals surface area contributed by atoms with Crippen LogP contribution in [-0.4, -0.2) is 86.7 Å². The number of hydrogen-bond donors (Lipinski definition) is 3. The molecule has 10 nitrogen and oxygen atoms in total. The molecule has 3 N–H and O–H groups in total. The Morgan fingerprint density at radius 3 is 2.52 bits per heavy atom. The smallest absolute Gasteiger partial charge is 0.235 e. The monoisotopic (exact) mass is 562 g/mol. The Balaban J connectivity index is 1.77. The lowest BCUT2D eigenvalue weighted by molar-refractivity contribution is -0.137. The topological polar surface area (TPSA) is 122 Å². The lowest BCUT2D eigenvalue weighted by Crippen LogP contribution is -2.59. The van der Waals surface area contributed by atoms with Crippen LogP contribution in [0.1, 0.15) is 71.8 Å². The molecule has 2 amide bonds. The van der Waals surface area contributed by atoms with E-state index in [2.05, 4.69) is 43.3 Å². The summed E-state index contributed by atoms with van der Waals surface area (Å²) in [6.45, 7) is 13.0. The highest BCUT2D eigenvalue weighted by Crippen LogP contribution is 2.37. The number of ether oxygens (including phenoxy) is 3. The van der Waals surface area contributed by atoms with E-state index in [0.29, 0.717) is 57.0 Å². The van der Waals surface area contributed by atoms with Crippen LogP contribution in [0.2, 0.25) is 0 Å². The van der Waals surface area contributed by atoms with Crippen molar-refractivity contribution in [3.05, 3.63) is 17.8 Å². The molecule has 0 unspecified atom stereocenters. The maximum Gasteiger partial charge on any atom is 0.235 e. The van der Waals surface area contributed by atoms with Crippen molar-refractivity contribution < 1.29 is 28.9 Å². The van der Waals surface area contributed by atoms with Gasteiger partial charge in [0.25, 0.3) is 0 Å². The quantitative estimate of drug-likeness (QED) is 0.263. The maximum atomic E-state index is 14.0. The minimum Gasteiger partial charge on any atom is -0.493 e. The van der Waals surface area contributed by atoms with Crippen LogP contribution in [0.15, 0.2) is 12.3 Å². The van der Waals surface area contributed by atoms with Crippen molar-refractivity contribution in [2.24, 2.45) is 17.8 Å². The van der Waals surface area contributed by atoms with E-state index in [4.69, 9.17) is 14.2 Å². The number of carbonyl (C=O) groups is 2. The van der Waals surface area contributed by atoms with Gasteiger partial charge in [-0.15, -0.1) is 0 Å². The first-order valence-corrected chi connectivity index (χ1v) is 14.9. The molecule has 4 atom stereocenters. The molecule has 40 heavy (non-hydrogen) atoms. The van der Waals surface area contributed by atoms with Gasteiger partial charge in [0.05, 0.1) is 37.2 Å². The fourth-order valence-electron chi connectivity index (χ4n) is 5.21. The van der Waals surface area contributed by atoms with Crippen LogP contribution in [0.3, 0.4) is 0 Å². The summed E-state index contributed by atoms with van der Waals surface area (Å²) in [5.74, 6) is -0.171. The minimum atomic E-state index is -1.11. The maximum absolute atomic E-state index is 14.0. The van der Waals surface area contributed by atoms with Crippen molar-refractivity contribution in [3.8, 4) is 5.75 Å². The molecule has 1 aliphatic heterocycles. The molecule has 1 saturated heterocycles. The second kappa shape index (κ2) is 15.7. The highest BCUT2D eigenvalue weighted by atomic mass is 16.5. The van der Waals surface area contributed by atoms with Crippen LogP contribution < -0.4 is 20.3 Å². The summed E-state index contributed by atoms with van der Waals surface area (Å²) in [7, 11) is 1.66. The molecule has 10 heteroatoms. The Morgan fingerprint density at radius 1 is 1.18 bits per heavy atom. The molecule has 1 aromatic rings. The fraction of sp³-hybridized carbons (Fsp3) is 0.767. The Bertz CT molecular complexity index is 954. The first-order valence-electron chi connectivity index (χ1n) is 14.9. The Morgan fingerprint density at radius 2 is 1.90 bits per heavy atom. The van der Waals surface area contributed by atoms with Crippen molar-refractivity contribution in [3.63, 3.8) is 0 Å². The number of aromatic nitrogens is 1. The van der Waals surface area contributed by atoms with Gasteiger partial charge in [-0.25, -0.2) is 4.98 Å². The number of nitrogens with one attached hydrogen (secondary N) is 2. The second-order valence-corrected chi connectivity index (χ2v) is 11.7. The molecular weight excluding hydrogens is 512 g/mol. The number of carbonyl (C=O) groups excluding carboxylic acids is 2. The number of aliphatic hydroxyl groups is 1. The van der Waals surface area contributed by atoms with Gasteiger partial charge in [-0.1, -0.05) is 27.7 Å². The lowest BCUT2D eigenvalue weighted by Gasteiger charge is -2.37. The predicted octanol–water partition coefficient (Wildman–Crippen LogP) is 2.88. The lowest BCUT2D eigenvalue weighted by atomic mass is 9.85. The summed E-state index contributed by atoms with van der Waals surface area (Å²) in [5.41, 5.74) is 0.975. The first-order chi connectivity index (χ1) is 19.2. The SMILES string of the molecule is CCOC[C@@H](CC(C)C)NC(=O)[C@@H]1CNC[C@H](C(=O)N(c2cc(OCCCOC)c(C(C)C)cn2)C2CC2)[C@@H]1O. The predicted molar refractivity (Wildman–Crippen MR) is 155 cm³/mol. The van der Waals surface area contributed by atoms with Crippen molar-refractivity contribution in [1.29, 1.82) is 0 Å². The van der Waals surface area contributed by atoms with Gasteiger partial charge >= 0.3 is 0 Å². The van der Waals surface area contributed by atoms with Gasteiger partial charge in [0.15, 0.2) is 0 Å². The summed E-state index contributed by atoms with van der Waals surface area (Å²) in [5, 5.41) is 17.6. The van der Waals surface area contributed by atoms with Crippen LogP contribution >= 0.6 is 0 Å². The average molecular weight is 563 g/mol.